The molecule has 104 valence electrons. The number of methoxy groups -OCH3 is 1. The lowest BCUT2D eigenvalue weighted by molar-refractivity contribution is 0.153. The van der Waals surface area contributed by atoms with E-state index >= 15 is 0 Å². The first kappa shape index (κ1) is 12.9. The maximum absolute atomic E-state index is 13.6. The van der Waals surface area contributed by atoms with Gasteiger partial charge in [-0.1, -0.05) is 0 Å². The number of piperazine rings is 1. The summed E-state index contributed by atoms with van der Waals surface area (Å²) in [6.45, 7) is 4.09. The fourth-order valence-corrected chi connectivity index (χ4v) is 3.06. The van der Waals surface area contributed by atoms with Crippen LogP contribution in [0.5, 0.6) is 5.75 Å². The van der Waals surface area contributed by atoms with Crippen LogP contribution < -0.4 is 10.1 Å². The molecular formula is C15H21FN2O. The van der Waals surface area contributed by atoms with Gasteiger partial charge in [0.15, 0.2) is 0 Å². The molecule has 0 radical (unpaired) electrons. The number of ether oxygens (including phenoxy) is 1. The Labute approximate surface area is 113 Å². The van der Waals surface area contributed by atoms with Crippen LogP contribution in [0.3, 0.4) is 0 Å². The van der Waals surface area contributed by atoms with Crippen molar-refractivity contribution in [2.24, 2.45) is 5.92 Å². The predicted molar refractivity (Wildman–Crippen MR) is 72.9 cm³/mol. The van der Waals surface area contributed by atoms with E-state index in [9.17, 15) is 4.39 Å². The molecule has 0 bridgehead atoms. The molecule has 1 saturated carbocycles. The van der Waals surface area contributed by atoms with E-state index in [0.717, 1.165) is 37.5 Å². The Balaban J connectivity index is 1.92. The van der Waals surface area contributed by atoms with Crippen LogP contribution in [0.1, 0.15) is 24.4 Å². The molecule has 2 aliphatic rings. The Kier molecular flexibility index (Phi) is 3.71. The van der Waals surface area contributed by atoms with Crippen molar-refractivity contribution in [3.8, 4) is 5.75 Å². The van der Waals surface area contributed by atoms with Gasteiger partial charge in [-0.3, -0.25) is 4.90 Å². The minimum absolute atomic E-state index is 0.170. The van der Waals surface area contributed by atoms with Gasteiger partial charge in [-0.05, 0) is 37.0 Å². The van der Waals surface area contributed by atoms with E-state index in [1.165, 1.54) is 18.9 Å². The third-order valence-corrected chi connectivity index (χ3v) is 4.12. The quantitative estimate of drug-likeness (QED) is 0.902. The Morgan fingerprint density at radius 1 is 1.32 bits per heavy atom. The lowest BCUT2D eigenvalue weighted by atomic mass is 9.98. The third kappa shape index (κ3) is 2.74. The Bertz CT molecular complexity index is 442. The molecule has 0 unspecified atom stereocenters. The highest BCUT2D eigenvalue weighted by Gasteiger charge is 2.38. The summed E-state index contributed by atoms with van der Waals surface area (Å²) in [4.78, 5) is 2.48. The molecule has 1 atom stereocenters. The number of rotatable bonds is 4. The summed E-state index contributed by atoms with van der Waals surface area (Å²) >= 11 is 0. The van der Waals surface area contributed by atoms with Gasteiger partial charge >= 0.3 is 0 Å². The normalized spacial score (nSPS) is 22.2. The number of halogens is 1. The molecule has 3 rings (SSSR count). The first-order valence-electron chi connectivity index (χ1n) is 7.08. The molecule has 4 heteroatoms. The van der Waals surface area contributed by atoms with Crippen LogP contribution in [0.25, 0.3) is 0 Å². The van der Waals surface area contributed by atoms with Crippen molar-refractivity contribution in [3.63, 3.8) is 0 Å². The van der Waals surface area contributed by atoms with E-state index in [4.69, 9.17) is 4.74 Å². The van der Waals surface area contributed by atoms with Gasteiger partial charge < -0.3 is 10.1 Å². The number of hydrogen-bond donors (Lipinski definition) is 1. The largest absolute Gasteiger partial charge is 0.496 e. The molecule has 1 aliphatic heterocycles. The molecule has 0 spiro atoms. The molecule has 3 nitrogen and oxygen atoms in total. The average molecular weight is 264 g/mol. The van der Waals surface area contributed by atoms with Crippen LogP contribution in [-0.4, -0.2) is 38.2 Å². The van der Waals surface area contributed by atoms with Gasteiger partial charge in [-0.2, -0.15) is 0 Å². The molecule has 1 aromatic rings. The first-order valence-corrected chi connectivity index (χ1v) is 7.08. The molecule has 1 saturated heterocycles. The van der Waals surface area contributed by atoms with Crippen molar-refractivity contribution in [2.45, 2.75) is 18.9 Å². The monoisotopic (exact) mass is 264 g/mol. The van der Waals surface area contributed by atoms with Crippen LogP contribution in [-0.2, 0) is 0 Å². The molecule has 1 aliphatic carbocycles. The van der Waals surface area contributed by atoms with Crippen LogP contribution in [0.15, 0.2) is 18.2 Å². The van der Waals surface area contributed by atoms with E-state index in [2.05, 4.69) is 10.2 Å². The number of nitrogens with one attached hydrogen (secondary N) is 1. The van der Waals surface area contributed by atoms with Crippen LogP contribution in [0, 0.1) is 11.7 Å². The standard InChI is InChI=1S/C15H21FN2O/c1-19-14-5-4-12(16)10-13(14)15(11-2-3-11)18-8-6-17-7-9-18/h4-5,10-11,15,17H,2-3,6-9H2,1H3/t15-/m0/s1. The average Bonchev–Trinajstić information content (AvgIpc) is 3.25. The second kappa shape index (κ2) is 5.47. The second-order valence-electron chi connectivity index (χ2n) is 5.45. The summed E-state index contributed by atoms with van der Waals surface area (Å²) in [7, 11) is 1.67. The van der Waals surface area contributed by atoms with E-state index in [-0.39, 0.29) is 5.82 Å². The molecule has 0 amide bonds. The predicted octanol–water partition coefficient (Wildman–Crippen LogP) is 2.19. The summed E-state index contributed by atoms with van der Waals surface area (Å²) < 4.78 is 19.0. The highest BCUT2D eigenvalue weighted by atomic mass is 19.1. The number of nitrogens with zero attached hydrogens (tertiary/aromatic N) is 1. The highest BCUT2D eigenvalue weighted by Crippen LogP contribution is 2.47. The lowest BCUT2D eigenvalue weighted by Gasteiger charge is -2.36. The zero-order chi connectivity index (χ0) is 13.2. The van der Waals surface area contributed by atoms with E-state index in [1.807, 2.05) is 0 Å². The maximum Gasteiger partial charge on any atom is 0.123 e. The molecule has 1 aromatic carbocycles. The van der Waals surface area contributed by atoms with E-state index in [1.54, 1.807) is 19.2 Å². The third-order valence-electron chi connectivity index (χ3n) is 4.12. The van der Waals surface area contributed by atoms with Gasteiger partial charge in [0.05, 0.1) is 7.11 Å². The minimum atomic E-state index is -0.170. The first-order chi connectivity index (χ1) is 9.29. The van der Waals surface area contributed by atoms with Gasteiger partial charge in [0.1, 0.15) is 11.6 Å². The SMILES string of the molecule is COc1ccc(F)cc1[C@H](C1CC1)N1CCNCC1. The molecule has 1 heterocycles. The topological polar surface area (TPSA) is 24.5 Å². The highest BCUT2D eigenvalue weighted by molar-refractivity contribution is 5.37. The fraction of sp³-hybridized carbons (Fsp3) is 0.600. The van der Waals surface area contributed by atoms with Gasteiger partial charge in [0.2, 0.25) is 0 Å². The van der Waals surface area contributed by atoms with Crippen molar-refractivity contribution >= 4 is 0 Å². The maximum atomic E-state index is 13.6. The molecule has 19 heavy (non-hydrogen) atoms. The fourth-order valence-electron chi connectivity index (χ4n) is 3.06. The summed E-state index contributed by atoms with van der Waals surface area (Å²) in [5.74, 6) is 1.31. The van der Waals surface area contributed by atoms with E-state index < -0.39 is 0 Å². The smallest absolute Gasteiger partial charge is 0.123 e. The van der Waals surface area contributed by atoms with Crippen LogP contribution in [0.2, 0.25) is 0 Å². The van der Waals surface area contributed by atoms with Gasteiger partial charge in [0, 0.05) is 37.8 Å². The number of hydrogen-bond acceptors (Lipinski definition) is 3. The van der Waals surface area contributed by atoms with Crippen LogP contribution in [0.4, 0.5) is 4.39 Å². The summed E-state index contributed by atoms with van der Waals surface area (Å²) in [6, 6.07) is 5.20. The van der Waals surface area contributed by atoms with Gasteiger partial charge in [0.25, 0.3) is 0 Å². The summed E-state index contributed by atoms with van der Waals surface area (Å²) in [5, 5.41) is 3.37. The van der Waals surface area contributed by atoms with Crippen molar-refractivity contribution in [3.05, 3.63) is 29.6 Å². The van der Waals surface area contributed by atoms with Crippen molar-refractivity contribution in [1.82, 2.24) is 10.2 Å². The second-order valence-corrected chi connectivity index (χ2v) is 5.45. The summed E-state index contributed by atoms with van der Waals surface area (Å²) in [5.41, 5.74) is 1.02. The zero-order valence-corrected chi connectivity index (χ0v) is 11.4. The zero-order valence-electron chi connectivity index (χ0n) is 11.4. The number of benzene rings is 1. The Hall–Kier alpha value is -1.13. The summed E-state index contributed by atoms with van der Waals surface area (Å²) in [6.07, 6.45) is 2.49. The van der Waals surface area contributed by atoms with E-state index in [0.29, 0.717) is 12.0 Å². The van der Waals surface area contributed by atoms with Crippen molar-refractivity contribution in [2.75, 3.05) is 33.3 Å². The molecule has 2 fully saturated rings. The molecular weight excluding hydrogens is 243 g/mol. The minimum Gasteiger partial charge on any atom is -0.496 e. The Morgan fingerprint density at radius 2 is 2.05 bits per heavy atom. The van der Waals surface area contributed by atoms with Crippen molar-refractivity contribution in [1.29, 1.82) is 0 Å². The lowest BCUT2D eigenvalue weighted by Crippen LogP contribution is -2.45. The Morgan fingerprint density at radius 3 is 2.68 bits per heavy atom. The van der Waals surface area contributed by atoms with Gasteiger partial charge in [-0.15, -0.1) is 0 Å². The molecule has 1 N–H and O–H groups in total. The van der Waals surface area contributed by atoms with Gasteiger partial charge in [-0.25, -0.2) is 4.39 Å². The molecule has 0 aromatic heterocycles. The van der Waals surface area contributed by atoms with Crippen molar-refractivity contribution < 1.29 is 9.13 Å². The van der Waals surface area contributed by atoms with Crippen LogP contribution >= 0.6 is 0 Å².